The number of aromatic amines is 1. The minimum Gasteiger partial charge on any atom is -0.480 e. The van der Waals surface area contributed by atoms with E-state index in [1.54, 1.807) is 6.20 Å². The highest BCUT2D eigenvalue weighted by molar-refractivity contribution is 5.67. The highest BCUT2D eigenvalue weighted by atomic mass is 16.5. The molecule has 0 saturated heterocycles. The molecule has 13 heavy (non-hydrogen) atoms. The first-order chi connectivity index (χ1) is 6.20. The summed E-state index contributed by atoms with van der Waals surface area (Å²) in [6.45, 7) is 0.235. The number of carbonyl (C=O) groups is 1. The summed E-state index contributed by atoms with van der Waals surface area (Å²) < 4.78 is 6.15. The van der Waals surface area contributed by atoms with Crippen molar-refractivity contribution >= 4 is 5.97 Å². The number of carboxylic acids is 1. The predicted molar refractivity (Wildman–Crippen MR) is 43.5 cm³/mol. The Bertz CT molecular complexity index is 327. The molecule has 1 heterocycles. The first kappa shape index (κ1) is 9.53. The maximum absolute atomic E-state index is 10.9. The molecule has 0 unspecified atom stereocenters. The van der Waals surface area contributed by atoms with E-state index in [-0.39, 0.29) is 18.9 Å². The smallest absolute Gasteiger partial charge is 0.329 e. The second-order valence-electron chi connectivity index (χ2n) is 2.40. The Labute approximate surface area is 73.8 Å². The first-order valence-corrected chi connectivity index (χ1v) is 3.73. The van der Waals surface area contributed by atoms with Gasteiger partial charge in [-0.1, -0.05) is 0 Å². The molecule has 1 aromatic rings. The number of H-pyrrole nitrogens is 1. The lowest BCUT2D eigenvalue weighted by Crippen LogP contribution is -2.20. The second-order valence-corrected chi connectivity index (χ2v) is 2.40. The average molecular weight is 186 g/mol. The van der Waals surface area contributed by atoms with Crippen LogP contribution in [0.1, 0.15) is 0 Å². The summed E-state index contributed by atoms with van der Waals surface area (Å²) in [5.74, 6) is -1.01. The SMILES string of the molecule is O=C(O)COCCn1cc[nH]c1=O. The number of aromatic nitrogens is 2. The number of carboxylic acid groups (broad SMARTS) is 1. The van der Waals surface area contributed by atoms with Gasteiger partial charge in [-0.05, 0) is 0 Å². The first-order valence-electron chi connectivity index (χ1n) is 3.73. The Kier molecular flexibility index (Phi) is 3.27. The van der Waals surface area contributed by atoms with Crippen molar-refractivity contribution in [3.63, 3.8) is 0 Å². The third kappa shape index (κ3) is 3.12. The van der Waals surface area contributed by atoms with E-state index < -0.39 is 5.97 Å². The van der Waals surface area contributed by atoms with Crippen LogP contribution in [0.25, 0.3) is 0 Å². The highest BCUT2D eigenvalue weighted by Crippen LogP contribution is 1.81. The molecule has 0 bridgehead atoms. The van der Waals surface area contributed by atoms with Gasteiger partial charge in [0.05, 0.1) is 13.2 Å². The normalized spacial score (nSPS) is 10.2. The van der Waals surface area contributed by atoms with Gasteiger partial charge in [-0.15, -0.1) is 0 Å². The standard InChI is InChI=1S/C7H10N2O4/c10-6(11)5-13-4-3-9-2-1-8-7(9)12/h1-2H,3-5H2,(H,8,12)(H,10,11). The summed E-state index contributed by atoms with van der Waals surface area (Å²) in [4.78, 5) is 23.4. The highest BCUT2D eigenvalue weighted by Gasteiger charge is 1.97. The van der Waals surface area contributed by atoms with E-state index in [0.29, 0.717) is 6.54 Å². The summed E-state index contributed by atoms with van der Waals surface area (Å²) in [6, 6.07) is 0. The van der Waals surface area contributed by atoms with Crippen molar-refractivity contribution in [2.75, 3.05) is 13.2 Å². The summed E-state index contributed by atoms with van der Waals surface area (Å²) >= 11 is 0. The van der Waals surface area contributed by atoms with Gasteiger partial charge < -0.3 is 14.8 Å². The predicted octanol–water partition coefficient (Wildman–Crippen LogP) is -0.722. The van der Waals surface area contributed by atoms with Crippen LogP contribution >= 0.6 is 0 Å². The van der Waals surface area contributed by atoms with Gasteiger partial charge in [-0.25, -0.2) is 9.59 Å². The fourth-order valence-electron chi connectivity index (χ4n) is 0.848. The van der Waals surface area contributed by atoms with E-state index >= 15 is 0 Å². The number of hydrogen-bond donors (Lipinski definition) is 2. The molecular weight excluding hydrogens is 176 g/mol. The van der Waals surface area contributed by atoms with E-state index in [4.69, 9.17) is 9.84 Å². The molecular formula is C7H10N2O4. The zero-order valence-electron chi connectivity index (χ0n) is 6.90. The fourth-order valence-corrected chi connectivity index (χ4v) is 0.848. The molecule has 0 aliphatic rings. The molecule has 6 heteroatoms. The van der Waals surface area contributed by atoms with Gasteiger partial charge in [-0.3, -0.25) is 4.57 Å². The fraction of sp³-hybridized carbons (Fsp3) is 0.429. The summed E-state index contributed by atoms with van der Waals surface area (Å²) in [6.07, 6.45) is 3.09. The minimum absolute atomic E-state index is 0.212. The van der Waals surface area contributed by atoms with Crippen LogP contribution in [0.4, 0.5) is 0 Å². The average Bonchev–Trinajstić information content (AvgIpc) is 2.45. The summed E-state index contributed by atoms with van der Waals surface area (Å²) in [5.41, 5.74) is -0.223. The Hall–Kier alpha value is -1.56. The van der Waals surface area contributed by atoms with Gasteiger partial charge in [0.25, 0.3) is 0 Å². The van der Waals surface area contributed by atoms with Crippen molar-refractivity contribution in [2.24, 2.45) is 0 Å². The zero-order chi connectivity index (χ0) is 9.68. The Balaban J connectivity index is 2.24. The van der Waals surface area contributed by atoms with Crippen molar-refractivity contribution in [3.8, 4) is 0 Å². The van der Waals surface area contributed by atoms with Crippen molar-refractivity contribution < 1.29 is 14.6 Å². The van der Waals surface area contributed by atoms with Crippen molar-refractivity contribution in [2.45, 2.75) is 6.54 Å². The van der Waals surface area contributed by atoms with Crippen LogP contribution < -0.4 is 5.69 Å². The van der Waals surface area contributed by atoms with Crippen LogP contribution in [0.3, 0.4) is 0 Å². The van der Waals surface area contributed by atoms with E-state index in [1.807, 2.05) is 0 Å². The van der Waals surface area contributed by atoms with Crippen LogP contribution in [-0.4, -0.2) is 33.8 Å². The quantitative estimate of drug-likeness (QED) is 0.594. The third-order valence-corrected chi connectivity index (χ3v) is 1.42. The number of ether oxygens (including phenoxy) is 1. The molecule has 2 N–H and O–H groups in total. The van der Waals surface area contributed by atoms with Gasteiger partial charge in [0, 0.05) is 12.4 Å². The minimum atomic E-state index is -1.01. The molecule has 1 rings (SSSR count). The van der Waals surface area contributed by atoms with Crippen LogP contribution in [0, 0.1) is 0 Å². The lowest BCUT2D eigenvalue weighted by molar-refractivity contribution is -0.142. The molecule has 0 aliphatic heterocycles. The molecule has 0 fully saturated rings. The molecule has 0 amide bonds. The molecule has 0 radical (unpaired) electrons. The largest absolute Gasteiger partial charge is 0.480 e. The summed E-state index contributed by atoms with van der Waals surface area (Å²) in [5, 5.41) is 8.23. The molecule has 6 nitrogen and oxygen atoms in total. The number of imidazole rings is 1. The van der Waals surface area contributed by atoms with Crippen molar-refractivity contribution in [3.05, 3.63) is 22.9 Å². The number of aliphatic carboxylic acids is 1. The van der Waals surface area contributed by atoms with E-state index in [0.717, 1.165) is 0 Å². The van der Waals surface area contributed by atoms with Crippen LogP contribution in [0.15, 0.2) is 17.2 Å². The Morgan fingerprint density at radius 1 is 1.69 bits per heavy atom. The van der Waals surface area contributed by atoms with Crippen LogP contribution in [0.2, 0.25) is 0 Å². The van der Waals surface area contributed by atoms with Gasteiger partial charge in [0.2, 0.25) is 0 Å². The monoisotopic (exact) mass is 186 g/mol. The number of nitrogens with zero attached hydrogens (tertiary/aromatic N) is 1. The maximum Gasteiger partial charge on any atom is 0.329 e. The molecule has 0 aromatic carbocycles. The van der Waals surface area contributed by atoms with Crippen LogP contribution in [0.5, 0.6) is 0 Å². The van der Waals surface area contributed by atoms with E-state index in [1.165, 1.54) is 10.8 Å². The zero-order valence-corrected chi connectivity index (χ0v) is 6.90. The van der Waals surface area contributed by atoms with Crippen molar-refractivity contribution in [1.29, 1.82) is 0 Å². The van der Waals surface area contributed by atoms with Crippen LogP contribution in [-0.2, 0) is 16.1 Å². The number of nitrogens with one attached hydrogen (secondary N) is 1. The molecule has 0 atom stereocenters. The van der Waals surface area contributed by atoms with Crippen molar-refractivity contribution in [1.82, 2.24) is 9.55 Å². The van der Waals surface area contributed by atoms with E-state index in [9.17, 15) is 9.59 Å². The molecule has 72 valence electrons. The lowest BCUT2D eigenvalue weighted by atomic mass is 10.6. The second kappa shape index (κ2) is 4.46. The van der Waals surface area contributed by atoms with Gasteiger partial charge in [-0.2, -0.15) is 0 Å². The number of hydrogen-bond acceptors (Lipinski definition) is 3. The molecule has 0 spiro atoms. The third-order valence-electron chi connectivity index (χ3n) is 1.42. The molecule has 1 aromatic heterocycles. The molecule has 0 aliphatic carbocycles. The topological polar surface area (TPSA) is 84.3 Å². The Morgan fingerprint density at radius 3 is 3.00 bits per heavy atom. The maximum atomic E-state index is 10.9. The lowest BCUT2D eigenvalue weighted by Gasteiger charge is -2.00. The number of rotatable bonds is 5. The molecule has 0 saturated carbocycles. The van der Waals surface area contributed by atoms with Gasteiger partial charge >= 0.3 is 11.7 Å². The van der Waals surface area contributed by atoms with Gasteiger partial charge in [0.15, 0.2) is 0 Å². The Morgan fingerprint density at radius 2 is 2.46 bits per heavy atom. The summed E-state index contributed by atoms with van der Waals surface area (Å²) in [7, 11) is 0. The van der Waals surface area contributed by atoms with Gasteiger partial charge in [0.1, 0.15) is 6.61 Å². The van der Waals surface area contributed by atoms with E-state index in [2.05, 4.69) is 4.98 Å².